The van der Waals surface area contributed by atoms with Gasteiger partial charge in [-0.3, -0.25) is 0 Å². The van der Waals surface area contributed by atoms with Crippen LogP contribution in [0.3, 0.4) is 0 Å². The van der Waals surface area contributed by atoms with Gasteiger partial charge in [0.15, 0.2) is 5.11 Å². The number of hydrogen-bond acceptors (Lipinski definition) is 3. The number of nitrogens with one attached hydrogen (secondary N) is 2. The van der Waals surface area contributed by atoms with Crippen LogP contribution in [0.1, 0.15) is 19.4 Å². The summed E-state index contributed by atoms with van der Waals surface area (Å²) in [4.78, 5) is 0. The van der Waals surface area contributed by atoms with Crippen LogP contribution in [-0.4, -0.2) is 30.9 Å². The molecule has 0 aliphatic heterocycles. The highest BCUT2D eigenvalue weighted by Crippen LogP contribution is 2.08. The van der Waals surface area contributed by atoms with Crippen LogP contribution in [0.15, 0.2) is 16.8 Å². The Labute approximate surface area is 113 Å². The maximum Gasteiger partial charge on any atom is 0.166 e. The van der Waals surface area contributed by atoms with E-state index < -0.39 is 0 Å². The molecule has 2 atom stereocenters. The molecule has 17 heavy (non-hydrogen) atoms. The molecule has 0 spiro atoms. The molecule has 0 radical (unpaired) electrons. The Balaban J connectivity index is 2.26. The molecule has 0 saturated carbocycles. The van der Waals surface area contributed by atoms with Crippen molar-refractivity contribution in [1.29, 1.82) is 0 Å². The van der Waals surface area contributed by atoms with Crippen LogP contribution < -0.4 is 10.6 Å². The fourth-order valence-electron chi connectivity index (χ4n) is 1.59. The third-order valence-electron chi connectivity index (χ3n) is 2.29. The zero-order valence-corrected chi connectivity index (χ0v) is 12.2. The average Bonchev–Trinajstić information content (AvgIpc) is 2.69. The van der Waals surface area contributed by atoms with E-state index in [1.807, 2.05) is 6.92 Å². The molecule has 2 N–H and O–H groups in total. The Kier molecular flexibility index (Phi) is 6.47. The van der Waals surface area contributed by atoms with Crippen LogP contribution in [0.25, 0.3) is 0 Å². The molecule has 2 unspecified atom stereocenters. The number of thiophene rings is 1. The van der Waals surface area contributed by atoms with Crippen molar-refractivity contribution in [2.75, 3.05) is 13.7 Å². The highest BCUT2D eigenvalue weighted by molar-refractivity contribution is 7.80. The van der Waals surface area contributed by atoms with E-state index in [9.17, 15) is 0 Å². The second-order valence-corrected chi connectivity index (χ2v) is 5.40. The minimum Gasteiger partial charge on any atom is -0.383 e. The summed E-state index contributed by atoms with van der Waals surface area (Å²) in [5, 5.41) is 11.4. The van der Waals surface area contributed by atoms with Crippen molar-refractivity contribution in [2.45, 2.75) is 32.4 Å². The molecule has 5 heteroatoms. The van der Waals surface area contributed by atoms with Crippen molar-refractivity contribution in [3.05, 3.63) is 22.4 Å². The highest BCUT2D eigenvalue weighted by atomic mass is 32.1. The molecular weight excluding hydrogens is 252 g/mol. The maximum absolute atomic E-state index is 5.24. The summed E-state index contributed by atoms with van der Waals surface area (Å²) >= 11 is 6.97. The summed E-state index contributed by atoms with van der Waals surface area (Å²) in [5.74, 6) is 0. The minimum atomic E-state index is 0.230. The van der Waals surface area contributed by atoms with Gasteiger partial charge in [0, 0.05) is 19.2 Å². The van der Waals surface area contributed by atoms with E-state index in [0.29, 0.717) is 17.8 Å². The van der Waals surface area contributed by atoms with E-state index in [1.54, 1.807) is 18.4 Å². The summed E-state index contributed by atoms with van der Waals surface area (Å²) < 4.78 is 5.05. The van der Waals surface area contributed by atoms with Crippen molar-refractivity contribution in [3.63, 3.8) is 0 Å². The number of rotatable bonds is 6. The van der Waals surface area contributed by atoms with Crippen molar-refractivity contribution in [2.24, 2.45) is 0 Å². The normalized spacial score (nSPS) is 14.1. The summed E-state index contributed by atoms with van der Waals surface area (Å²) in [5.41, 5.74) is 1.35. The van der Waals surface area contributed by atoms with Gasteiger partial charge in [0.1, 0.15) is 0 Å². The maximum atomic E-state index is 5.24. The lowest BCUT2D eigenvalue weighted by Crippen LogP contribution is -2.46. The van der Waals surface area contributed by atoms with E-state index in [1.165, 1.54) is 5.56 Å². The van der Waals surface area contributed by atoms with Gasteiger partial charge >= 0.3 is 0 Å². The van der Waals surface area contributed by atoms with Gasteiger partial charge in [-0.05, 0) is 54.9 Å². The number of hydrogen-bond donors (Lipinski definition) is 2. The zero-order valence-electron chi connectivity index (χ0n) is 10.5. The second kappa shape index (κ2) is 7.63. The van der Waals surface area contributed by atoms with Crippen LogP contribution >= 0.6 is 23.6 Å². The Bertz CT molecular complexity index is 327. The summed E-state index contributed by atoms with van der Waals surface area (Å²) in [7, 11) is 1.69. The third-order valence-corrected chi connectivity index (χ3v) is 3.26. The van der Waals surface area contributed by atoms with E-state index in [-0.39, 0.29) is 6.04 Å². The largest absolute Gasteiger partial charge is 0.383 e. The molecule has 0 bridgehead atoms. The monoisotopic (exact) mass is 272 g/mol. The molecule has 1 aromatic heterocycles. The molecule has 0 amide bonds. The number of methoxy groups -OCH3 is 1. The van der Waals surface area contributed by atoms with Crippen molar-refractivity contribution in [3.8, 4) is 0 Å². The highest BCUT2D eigenvalue weighted by Gasteiger charge is 2.08. The predicted molar refractivity (Wildman–Crippen MR) is 77.7 cm³/mol. The minimum absolute atomic E-state index is 0.230. The molecule has 0 aliphatic rings. The van der Waals surface area contributed by atoms with E-state index in [2.05, 4.69) is 34.4 Å². The first-order valence-electron chi connectivity index (χ1n) is 5.69. The van der Waals surface area contributed by atoms with Gasteiger partial charge in [-0.2, -0.15) is 11.3 Å². The average molecular weight is 272 g/mol. The van der Waals surface area contributed by atoms with Gasteiger partial charge in [0.25, 0.3) is 0 Å². The van der Waals surface area contributed by atoms with Gasteiger partial charge in [-0.25, -0.2) is 0 Å². The van der Waals surface area contributed by atoms with Crippen LogP contribution in [0, 0.1) is 0 Å². The van der Waals surface area contributed by atoms with Gasteiger partial charge < -0.3 is 15.4 Å². The Hall–Kier alpha value is -0.650. The lowest BCUT2D eigenvalue weighted by Gasteiger charge is -2.19. The van der Waals surface area contributed by atoms with Crippen LogP contribution in [0.4, 0.5) is 0 Å². The topological polar surface area (TPSA) is 33.3 Å². The molecule has 3 nitrogen and oxygen atoms in total. The van der Waals surface area contributed by atoms with Crippen molar-refractivity contribution < 1.29 is 4.74 Å². The van der Waals surface area contributed by atoms with Crippen molar-refractivity contribution in [1.82, 2.24) is 10.6 Å². The summed E-state index contributed by atoms with van der Waals surface area (Å²) in [6.07, 6.45) is 0.990. The molecule has 1 heterocycles. The van der Waals surface area contributed by atoms with Crippen LogP contribution in [0.2, 0.25) is 0 Å². The van der Waals surface area contributed by atoms with E-state index in [4.69, 9.17) is 17.0 Å². The van der Waals surface area contributed by atoms with Crippen LogP contribution in [0.5, 0.6) is 0 Å². The fourth-order valence-corrected chi connectivity index (χ4v) is 2.68. The standard InChI is InChI=1S/C12H20N2OS2/c1-9(6-11-4-5-17-8-11)13-12(16)14-10(2)7-15-3/h4-5,8-10H,6-7H2,1-3H3,(H2,13,14,16). The Morgan fingerprint density at radius 1 is 1.41 bits per heavy atom. The van der Waals surface area contributed by atoms with E-state index >= 15 is 0 Å². The Morgan fingerprint density at radius 3 is 2.71 bits per heavy atom. The van der Waals surface area contributed by atoms with Gasteiger partial charge in [0.05, 0.1) is 6.61 Å². The van der Waals surface area contributed by atoms with Crippen molar-refractivity contribution >= 4 is 28.7 Å². The van der Waals surface area contributed by atoms with Gasteiger partial charge in [0.2, 0.25) is 0 Å². The van der Waals surface area contributed by atoms with Gasteiger partial charge in [-0.1, -0.05) is 0 Å². The number of thiocarbonyl (C=S) groups is 1. The lowest BCUT2D eigenvalue weighted by atomic mass is 10.1. The predicted octanol–water partition coefficient (Wildman–Crippen LogP) is 2.18. The summed E-state index contributed by atoms with van der Waals surface area (Å²) in [6.45, 7) is 4.83. The molecule has 0 fully saturated rings. The molecule has 96 valence electrons. The third kappa shape index (κ3) is 6.00. The van der Waals surface area contributed by atoms with E-state index in [0.717, 1.165) is 6.42 Å². The molecule has 0 aromatic carbocycles. The second-order valence-electron chi connectivity index (χ2n) is 4.21. The fraction of sp³-hybridized carbons (Fsp3) is 0.583. The summed E-state index contributed by atoms with van der Waals surface area (Å²) in [6, 6.07) is 2.71. The zero-order chi connectivity index (χ0) is 12.7. The lowest BCUT2D eigenvalue weighted by molar-refractivity contribution is 0.179. The van der Waals surface area contributed by atoms with Crippen LogP contribution in [-0.2, 0) is 11.2 Å². The number of ether oxygens (including phenoxy) is 1. The Morgan fingerprint density at radius 2 is 2.12 bits per heavy atom. The molecule has 1 rings (SSSR count). The smallest absolute Gasteiger partial charge is 0.166 e. The molecule has 0 saturated heterocycles. The molecule has 1 aromatic rings. The first kappa shape index (κ1) is 14.4. The van der Waals surface area contributed by atoms with Gasteiger partial charge in [-0.15, -0.1) is 0 Å². The molecule has 0 aliphatic carbocycles. The molecular formula is C12H20N2OS2. The first-order chi connectivity index (χ1) is 8.11. The first-order valence-corrected chi connectivity index (χ1v) is 7.04. The quantitative estimate of drug-likeness (QED) is 0.778. The SMILES string of the molecule is COCC(C)NC(=S)NC(C)Cc1ccsc1.